The molecule has 4 aliphatic carbocycles. The molecule has 0 bridgehead atoms. The van der Waals surface area contributed by atoms with E-state index < -0.39 is 0 Å². The summed E-state index contributed by atoms with van der Waals surface area (Å²) < 4.78 is 0. The average molecular weight is 318 g/mol. The van der Waals surface area contributed by atoms with E-state index in [4.69, 9.17) is 5.73 Å². The van der Waals surface area contributed by atoms with Crippen LogP contribution in [0.25, 0.3) is 0 Å². The quantitative estimate of drug-likeness (QED) is 0.770. The van der Waals surface area contributed by atoms with E-state index in [1.807, 2.05) is 6.92 Å². The molecule has 4 saturated carbocycles. The summed E-state index contributed by atoms with van der Waals surface area (Å²) in [5, 5.41) is 0. The minimum Gasteiger partial charge on any atom is -0.328 e. The van der Waals surface area contributed by atoms with Gasteiger partial charge in [0.05, 0.1) is 0 Å². The fourth-order valence-electron chi connectivity index (χ4n) is 7.96. The number of carbonyl (C=O) groups excluding carboxylic acids is 1. The van der Waals surface area contributed by atoms with Gasteiger partial charge in [-0.25, -0.2) is 0 Å². The van der Waals surface area contributed by atoms with Crippen molar-refractivity contribution in [3.05, 3.63) is 0 Å². The SMILES string of the molecule is CC(=O)[C@H]1CC[C@H]2[C@@H]3CCC4CC(N)CC[C@]4(C)[C@H]3CC[C@]12C. The van der Waals surface area contributed by atoms with Crippen LogP contribution < -0.4 is 5.73 Å². The topological polar surface area (TPSA) is 43.1 Å². The van der Waals surface area contributed by atoms with E-state index in [1.54, 1.807) is 0 Å². The molecule has 0 aromatic carbocycles. The highest BCUT2D eigenvalue weighted by Gasteiger charge is 2.60. The highest BCUT2D eigenvalue weighted by molar-refractivity contribution is 5.79. The average Bonchev–Trinajstić information content (AvgIpc) is 2.85. The van der Waals surface area contributed by atoms with Gasteiger partial charge in [0.1, 0.15) is 5.78 Å². The Balaban J connectivity index is 1.61. The first-order valence-electron chi connectivity index (χ1n) is 10.1. The molecule has 0 aromatic rings. The van der Waals surface area contributed by atoms with Crippen LogP contribution in [-0.4, -0.2) is 11.8 Å². The van der Waals surface area contributed by atoms with Crippen molar-refractivity contribution in [2.45, 2.75) is 84.6 Å². The molecule has 4 aliphatic rings. The fraction of sp³-hybridized carbons (Fsp3) is 0.952. The molecule has 0 aromatic heterocycles. The number of fused-ring (bicyclic) bond motifs is 5. The maximum absolute atomic E-state index is 12.2. The molecule has 0 heterocycles. The van der Waals surface area contributed by atoms with Crippen molar-refractivity contribution in [3.63, 3.8) is 0 Å². The summed E-state index contributed by atoms with van der Waals surface area (Å²) in [5.41, 5.74) is 7.13. The number of Topliss-reactive ketones (excluding diaryl/α,β-unsaturated/α-hetero) is 1. The molecule has 2 unspecified atom stereocenters. The maximum atomic E-state index is 12.2. The summed E-state index contributed by atoms with van der Waals surface area (Å²) in [6, 6.07) is 0.451. The van der Waals surface area contributed by atoms with Crippen molar-refractivity contribution in [2.24, 2.45) is 46.2 Å². The van der Waals surface area contributed by atoms with Crippen LogP contribution in [0, 0.1) is 40.4 Å². The highest BCUT2D eigenvalue weighted by atomic mass is 16.1. The number of nitrogens with two attached hydrogens (primary N) is 1. The summed E-state index contributed by atoms with van der Waals surface area (Å²) in [7, 11) is 0. The second-order valence-corrected chi connectivity index (χ2v) is 9.98. The van der Waals surface area contributed by atoms with Crippen LogP contribution >= 0.6 is 0 Å². The lowest BCUT2D eigenvalue weighted by atomic mass is 9.44. The first kappa shape index (κ1) is 16.1. The van der Waals surface area contributed by atoms with Gasteiger partial charge in [-0.3, -0.25) is 4.79 Å². The third-order valence-electron chi connectivity index (χ3n) is 9.20. The normalized spacial score (nSPS) is 55.7. The number of rotatable bonds is 1. The predicted octanol–water partition coefficient (Wildman–Crippen LogP) is 4.56. The lowest BCUT2D eigenvalue weighted by molar-refractivity contribution is -0.134. The van der Waals surface area contributed by atoms with Crippen molar-refractivity contribution in [2.75, 3.05) is 0 Å². The Morgan fingerprint density at radius 1 is 0.913 bits per heavy atom. The van der Waals surface area contributed by atoms with Crippen LogP contribution in [-0.2, 0) is 4.79 Å². The molecule has 0 saturated heterocycles. The van der Waals surface area contributed by atoms with E-state index in [9.17, 15) is 4.79 Å². The number of hydrogen-bond donors (Lipinski definition) is 1. The van der Waals surface area contributed by atoms with Gasteiger partial charge >= 0.3 is 0 Å². The van der Waals surface area contributed by atoms with Crippen LogP contribution in [0.4, 0.5) is 0 Å². The largest absolute Gasteiger partial charge is 0.328 e. The van der Waals surface area contributed by atoms with Crippen LogP contribution in [0.5, 0.6) is 0 Å². The Morgan fingerprint density at radius 2 is 1.61 bits per heavy atom. The lowest BCUT2D eigenvalue weighted by Gasteiger charge is -2.61. The number of carbonyl (C=O) groups is 1. The van der Waals surface area contributed by atoms with Gasteiger partial charge in [-0.15, -0.1) is 0 Å². The zero-order valence-corrected chi connectivity index (χ0v) is 15.3. The van der Waals surface area contributed by atoms with Crippen LogP contribution in [0.2, 0.25) is 0 Å². The molecule has 0 radical (unpaired) electrons. The summed E-state index contributed by atoms with van der Waals surface area (Å²) in [5.74, 6) is 4.26. The van der Waals surface area contributed by atoms with Crippen LogP contribution in [0.3, 0.4) is 0 Å². The standard InChI is InChI=1S/C21H35NO/c1-13(23)17-6-7-18-16-5-4-14-12-15(22)8-10-20(14,2)19(16)9-11-21(17,18)3/h14-19H,4-12,22H2,1-3H3/t14?,15?,16-,17+,18-,19-,20-,21+/m0/s1. The Labute approximate surface area is 142 Å². The molecule has 0 spiro atoms. The molecular formula is C21H35NO. The first-order chi connectivity index (χ1) is 10.9. The van der Waals surface area contributed by atoms with Crippen LogP contribution in [0.1, 0.15) is 78.6 Å². The zero-order chi connectivity index (χ0) is 16.4. The minimum absolute atomic E-state index is 0.307. The smallest absolute Gasteiger partial charge is 0.133 e. The maximum Gasteiger partial charge on any atom is 0.133 e. The Morgan fingerprint density at radius 3 is 2.35 bits per heavy atom. The molecule has 8 atom stereocenters. The van der Waals surface area contributed by atoms with E-state index in [-0.39, 0.29) is 0 Å². The Hall–Kier alpha value is -0.370. The van der Waals surface area contributed by atoms with Gasteiger partial charge in [0.15, 0.2) is 0 Å². The van der Waals surface area contributed by atoms with E-state index in [2.05, 4.69) is 13.8 Å². The van der Waals surface area contributed by atoms with Gasteiger partial charge in [-0.2, -0.15) is 0 Å². The summed E-state index contributed by atoms with van der Waals surface area (Å²) in [6.45, 7) is 6.89. The molecule has 23 heavy (non-hydrogen) atoms. The second-order valence-electron chi connectivity index (χ2n) is 9.98. The van der Waals surface area contributed by atoms with Crippen molar-refractivity contribution < 1.29 is 4.79 Å². The van der Waals surface area contributed by atoms with E-state index in [1.165, 1.54) is 51.4 Å². The van der Waals surface area contributed by atoms with Gasteiger partial charge in [-0.1, -0.05) is 13.8 Å². The van der Waals surface area contributed by atoms with Gasteiger partial charge in [-0.05, 0) is 99.2 Å². The summed E-state index contributed by atoms with van der Waals surface area (Å²) >= 11 is 0. The van der Waals surface area contributed by atoms with E-state index in [0.717, 1.165) is 30.1 Å². The Kier molecular flexibility index (Phi) is 3.72. The fourth-order valence-corrected chi connectivity index (χ4v) is 7.96. The highest BCUT2D eigenvalue weighted by Crippen LogP contribution is 2.67. The van der Waals surface area contributed by atoms with E-state index >= 15 is 0 Å². The zero-order valence-electron chi connectivity index (χ0n) is 15.3. The van der Waals surface area contributed by atoms with Gasteiger partial charge in [0.25, 0.3) is 0 Å². The molecular weight excluding hydrogens is 282 g/mol. The summed E-state index contributed by atoms with van der Waals surface area (Å²) in [4.78, 5) is 12.2. The lowest BCUT2D eigenvalue weighted by Crippen LogP contribution is -2.54. The van der Waals surface area contributed by atoms with Gasteiger partial charge in [0, 0.05) is 12.0 Å². The summed E-state index contributed by atoms with van der Waals surface area (Å²) in [6.07, 6.45) is 11.8. The number of ketones is 1. The molecule has 0 aliphatic heterocycles. The predicted molar refractivity (Wildman–Crippen MR) is 93.9 cm³/mol. The third-order valence-corrected chi connectivity index (χ3v) is 9.20. The van der Waals surface area contributed by atoms with Gasteiger partial charge < -0.3 is 5.73 Å². The Bertz CT molecular complexity index is 502. The monoisotopic (exact) mass is 317 g/mol. The second kappa shape index (κ2) is 5.31. The number of hydrogen-bond acceptors (Lipinski definition) is 2. The molecule has 2 heteroatoms. The van der Waals surface area contributed by atoms with Crippen molar-refractivity contribution in [3.8, 4) is 0 Å². The molecule has 2 N–H and O–H groups in total. The molecule has 130 valence electrons. The van der Waals surface area contributed by atoms with Crippen LogP contribution in [0.15, 0.2) is 0 Å². The molecule has 4 rings (SSSR count). The van der Waals surface area contributed by atoms with Crippen molar-refractivity contribution in [1.82, 2.24) is 0 Å². The molecule has 4 fully saturated rings. The van der Waals surface area contributed by atoms with Gasteiger partial charge in [0.2, 0.25) is 0 Å². The third kappa shape index (κ3) is 2.19. The van der Waals surface area contributed by atoms with Crippen molar-refractivity contribution in [1.29, 1.82) is 0 Å². The molecule has 2 nitrogen and oxygen atoms in total. The van der Waals surface area contributed by atoms with Crippen molar-refractivity contribution >= 4 is 5.78 Å². The minimum atomic E-state index is 0.307. The molecule has 0 amide bonds. The van der Waals surface area contributed by atoms with E-state index in [0.29, 0.717) is 28.6 Å². The first-order valence-corrected chi connectivity index (χ1v) is 10.1.